The summed E-state index contributed by atoms with van der Waals surface area (Å²) >= 11 is 13.6. The monoisotopic (exact) mass is 750 g/mol. The van der Waals surface area contributed by atoms with E-state index in [1.54, 1.807) is 0 Å². The highest BCUT2D eigenvalue weighted by atomic mass is 79.9. The van der Waals surface area contributed by atoms with Gasteiger partial charge >= 0.3 is 5.69 Å². The van der Waals surface area contributed by atoms with Crippen molar-refractivity contribution in [3.63, 3.8) is 0 Å². The zero-order valence-electron chi connectivity index (χ0n) is 20.5. The molecular formula is C24H30Br4N6O2. The van der Waals surface area contributed by atoms with Gasteiger partial charge in [-0.05, 0) is 136 Å². The van der Waals surface area contributed by atoms with E-state index in [2.05, 4.69) is 107 Å². The first-order valence-electron chi connectivity index (χ1n) is 11.7. The van der Waals surface area contributed by atoms with Crippen LogP contribution in [0.4, 0.5) is 17.1 Å². The number of nitrogens with zero attached hydrogens (tertiary/aromatic N) is 3. The number of imidazole rings is 1. The third-order valence-electron chi connectivity index (χ3n) is 5.82. The molecule has 0 radical (unpaired) electrons. The van der Waals surface area contributed by atoms with Gasteiger partial charge in [0.2, 0.25) is 0 Å². The Morgan fingerprint density at radius 1 is 1.08 bits per heavy atom. The number of halogens is 4. The molecule has 8 nitrogen and oxygen atoms in total. The molecule has 0 aliphatic carbocycles. The van der Waals surface area contributed by atoms with Crippen molar-refractivity contribution in [2.75, 3.05) is 24.1 Å². The van der Waals surface area contributed by atoms with Gasteiger partial charge in [0.05, 0.1) is 21.8 Å². The Balaban J connectivity index is 0.000000236. The zero-order valence-corrected chi connectivity index (χ0v) is 26.9. The van der Waals surface area contributed by atoms with Gasteiger partial charge in [-0.1, -0.05) is 0 Å². The van der Waals surface area contributed by atoms with Crippen molar-refractivity contribution in [3.05, 3.63) is 52.0 Å². The van der Waals surface area contributed by atoms with Crippen molar-refractivity contribution >= 4 is 91.8 Å². The average molecular weight is 754 g/mol. The number of aromatic nitrogens is 2. The maximum atomic E-state index is 11.6. The predicted octanol–water partition coefficient (Wildman–Crippen LogP) is 8.13. The van der Waals surface area contributed by atoms with Crippen LogP contribution >= 0.6 is 63.7 Å². The molecule has 0 bridgehead atoms. The zero-order chi connectivity index (χ0) is 26.7. The third kappa shape index (κ3) is 6.61. The number of fused-ring (bicyclic) bond motifs is 1. The Labute approximate surface area is 244 Å². The van der Waals surface area contributed by atoms with Crippen molar-refractivity contribution in [2.45, 2.75) is 58.5 Å². The van der Waals surface area contributed by atoms with Crippen molar-refractivity contribution in [2.24, 2.45) is 0 Å². The number of nitrogens with one attached hydrogen (secondary N) is 2. The van der Waals surface area contributed by atoms with Crippen LogP contribution in [0.5, 0.6) is 0 Å². The minimum atomic E-state index is -0.360. The van der Waals surface area contributed by atoms with Crippen LogP contribution in [-0.2, 0) is 0 Å². The minimum Gasteiger partial charge on any atom is -0.397 e. The Morgan fingerprint density at radius 2 is 1.69 bits per heavy atom. The fourth-order valence-corrected chi connectivity index (χ4v) is 5.81. The van der Waals surface area contributed by atoms with Crippen LogP contribution in [0.1, 0.15) is 58.3 Å². The molecule has 0 spiro atoms. The number of nitrogens with two attached hydrogens (primary N) is 1. The minimum absolute atomic E-state index is 0.0314. The van der Waals surface area contributed by atoms with Gasteiger partial charge in [0.15, 0.2) is 5.52 Å². The molecule has 4 N–H and O–H groups in total. The lowest BCUT2D eigenvalue weighted by atomic mass is 9.97. The maximum absolute atomic E-state index is 11.6. The molecule has 2 heterocycles. The molecule has 1 aliphatic rings. The van der Waals surface area contributed by atoms with Crippen molar-refractivity contribution < 1.29 is 4.92 Å². The van der Waals surface area contributed by atoms with Gasteiger partial charge < -0.3 is 20.9 Å². The Morgan fingerprint density at radius 3 is 2.25 bits per heavy atom. The lowest BCUT2D eigenvalue weighted by molar-refractivity contribution is -0.384. The number of benzene rings is 2. The van der Waals surface area contributed by atoms with Crippen LogP contribution in [0, 0.1) is 10.1 Å². The molecule has 36 heavy (non-hydrogen) atoms. The van der Waals surface area contributed by atoms with E-state index >= 15 is 0 Å². The first kappa shape index (κ1) is 29.3. The van der Waals surface area contributed by atoms with Gasteiger partial charge in [-0.15, -0.1) is 0 Å². The number of nitro groups is 1. The van der Waals surface area contributed by atoms with E-state index in [9.17, 15) is 10.1 Å². The fourth-order valence-electron chi connectivity index (χ4n) is 4.25. The Hall–Kier alpha value is -1.21. The molecule has 0 unspecified atom stereocenters. The third-order valence-corrected chi connectivity index (χ3v) is 9.63. The number of nitrogen functional groups attached to an aromatic ring is 1. The van der Waals surface area contributed by atoms with E-state index in [-0.39, 0.29) is 16.7 Å². The van der Waals surface area contributed by atoms with Gasteiger partial charge in [-0.2, -0.15) is 0 Å². The van der Waals surface area contributed by atoms with Crippen molar-refractivity contribution in [1.29, 1.82) is 0 Å². The standard InChI is InChI=1S/C15H18Br2N4O2.C9H12Br2N2/c1-8(2)20-11-7-10(16)12(17)14(21(22)23)13(11)19-15(20)9-3-5-18-6-4-9;1-5(2)13-9-4-7(11)6(10)3-8(9)12/h7-9,18H,3-6H2,1-2H3;3-5,13H,12H2,1-2H3. The molecule has 0 saturated carbocycles. The van der Waals surface area contributed by atoms with Gasteiger partial charge in [0, 0.05) is 31.4 Å². The second-order valence-electron chi connectivity index (χ2n) is 9.26. The van der Waals surface area contributed by atoms with E-state index < -0.39 is 0 Å². The SMILES string of the molecule is CC(C)Nc1cc(Br)c(Br)cc1N.CC(C)n1c(C2CCNCC2)nc2c([N+](=O)[O-])c(Br)c(Br)cc21. The quantitative estimate of drug-likeness (QED) is 0.138. The highest BCUT2D eigenvalue weighted by Crippen LogP contribution is 2.41. The van der Waals surface area contributed by atoms with Crippen LogP contribution in [-0.4, -0.2) is 33.6 Å². The van der Waals surface area contributed by atoms with E-state index in [0.717, 1.165) is 57.6 Å². The van der Waals surface area contributed by atoms with Gasteiger partial charge in [-0.25, -0.2) is 4.98 Å². The summed E-state index contributed by atoms with van der Waals surface area (Å²) in [7, 11) is 0. The summed E-state index contributed by atoms with van der Waals surface area (Å²) in [4.78, 5) is 15.9. The first-order valence-corrected chi connectivity index (χ1v) is 14.9. The van der Waals surface area contributed by atoms with Crippen LogP contribution in [0.25, 0.3) is 11.0 Å². The highest BCUT2D eigenvalue weighted by molar-refractivity contribution is 9.13. The lowest BCUT2D eigenvalue weighted by Crippen LogP contribution is -2.28. The largest absolute Gasteiger partial charge is 0.397 e. The van der Waals surface area contributed by atoms with Crippen molar-refractivity contribution in [1.82, 2.24) is 14.9 Å². The second-order valence-corrected chi connectivity index (χ2v) is 12.6. The topological polar surface area (TPSA) is 111 Å². The maximum Gasteiger partial charge on any atom is 0.312 e. The number of rotatable bonds is 5. The summed E-state index contributed by atoms with van der Waals surface area (Å²) < 4.78 is 5.25. The molecule has 0 amide bonds. The lowest BCUT2D eigenvalue weighted by Gasteiger charge is -2.24. The molecule has 3 aromatic rings. The summed E-state index contributed by atoms with van der Waals surface area (Å²) in [6.45, 7) is 10.3. The summed E-state index contributed by atoms with van der Waals surface area (Å²) in [6, 6.07) is 6.35. The van der Waals surface area contributed by atoms with Crippen LogP contribution in [0.15, 0.2) is 36.1 Å². The summed E-state index contributed by atoms with van der Waals surface area (Å²) in [5.74, 6) is 1.30. The summed E-state index contributed by atoms with van der Waals surface area (Å²) in [6.07, 6.45) is 2.01. The van der Waals surface area contributed by atoms with E-state index in [1.165, 1.54) is 0 Å². The molecule has 1 aliphatic heterocycles. The van der Waals surface area contributed by atoms with E-state index in [0.29, 0.717) is 26.4 Å². The Kier molecular flexibility index (Phi) is 10.2. The van der Waals surface area contributed by atoms with Gasteiger partial charge in [0.25, 0.3) is 0 Å². The Bertz CT molecular complexity index is 1260. The van der Waals surface area contributed by atoms with Crippen LogP contribution in [0.3, 0.4) is 0 Å². The van der Waals surface area contributed by atoms with E-state index in [4.69, 9.17) is 10.7 Å². The summed E-state index contributed by atoms with van der Waals surface area (Å²) in [5.41, 5.74) is 8.85. The van der Waals surface area contributed by atoms with Crippen LogP contribution in [0.2, 0.25) is 0 Å². The number of nitro benzene ring substituents is 1. The number of hydrogen-bond acceptors (Lipinski definition) is 6. The average Bonchev–Trinajstić information content (AvgIpc) is 3.17. The van der Waals surface area contributed by atoms with E-state index in [1.807, 2.05) is 18.2 Å². The summed E-state index contributed by atoms with van der Waals surface area (Å²) in [5, 5.41) is 18.2. The molecule has 196 valence electrons. The molecule has 1 aromatic heterocycles. The number of anilines is 2. The molecule has 0 atom stereocenters. The van der Waals surface area contributed by atoms with Gasteiger partial charge in [0.1, 0.15) is 10.3 Å². The highest BCUT2D eigenvalue weighted by Gasteiger charge is 2.29. The molecular weight excluding hydrogens is 724 g/mol. The molecule has 2 aromatic carbocycles. The molecule has 4 rings (SSSR count). The smallest absolute Gasteiger partial charge is 0.312 e. The molecule has 12 heteroatoms. The predicted molar refractivity (Wildman–Crippen MR) is 162 cm³/mol. The second kappa shape index (κ2) is 12.6. The molecule has 1 saturated heterocycles. The molecule has 1 fully saturated rings. The fraction of sp³-hybridized carbons (Fsp3) is 0.458. The number of piperidine rings is 1. The van der Waals surface area contributed by atoms with Gasteiger partial charge in [-0.3, -0.25) is 10.1 Å². The van der Waals surface area contributed by atoms with Crippen molar-refractivity contribution in [3.8, 4) is 0 Å². The first-order chi connectivity index (χ1) is 16.9. The van der Waals surface area contributed by atoms with Crippen LogP contribution < -0.4 is 16.4 Å². The normalized spacial score (nSPS) is 14.3. The number of hydrogen-bond donors (Lipinski definition) is 3.